The smallest absolute Gasteiger partial charge is 0.258 e. The zero-order chi connectivity index (χ0) is 22.6. The summed E-state index contributed by atoms with van der Waals surface area (Å²) in [4.78, 5) is 12.5. The van der Waals surface area contributed by atoms with Crippen LogP contribution in [0.15, 0.2) is 41.3 Å². The predicted molar refractivity (Wildman–Crippen MR) is 122 cm³/mol. The Hall–Kier alpha value is -2.38. The molecule has 3 rings (SSSR count). The number of hydrogen-bond acceptors (Lipinski definition) is 4. The predicted octanol–water partition coefficient (Wildman–Crippen LogP) is 4.09. The summed E-state index contributed by atoms with van der Waals surface area (Å²) in [6.45, 7) is 7.98. The fourth-order valence-electron chi connectivity index (χ4n) is 4.01. The molecule has 6 nitrogen and oxygen atoms in total. The lowest BCUT2D eigenvalue weighted by atomic mass is 9.96. The van der Waals surface area contributed by atoms with Gasteiger partial charge in [-0.3, -0.25) is 4.79 Å². The fourth-order valence-corrected chi connectivity index (χ4v) is 5.31. The van der Waals surface area contributed by atoms with Crippen LogP contribution in [0.1, 0.15) is 60.9 Å². The van der Waals surface area contributed by atoms with E-state index in [1.54, 1.807) is 12.1 Å². The van der Waals surface area contributed by atoms with Crippen molar-refractivity contribution in [3.8, 4) is 5.75 Å². The highest BCUT2D eigenvalue weighted by Crippen LogP contribution is 2.23. The van der Waals surface area contributed by atoms with E-state index in [9.17, 15) is 13.2 Å². The molecule has 0 spiro atoms. The third-order valence-electron chi connectivity index (χ3n) is 5.91. The van der Waals surface area contributed by atoms with E-state index in [0.717, 1.165) is 36.8 Å². The maximum absolute atomic E-state index is 12.5. The van der Waals surface area contributed by atoms with Crippen LogP contribution in [0.5, 0.6) is 5.75 Å². The molecule has 2 N–H and O–H groups in total. The number of ether oxygens (including phenoxy) is 1. The summed E-state index contributed by atoms with van der Waals surface area (Å²) in [5.41, 5.74) is 4.64. The summed E-state index contributed by atoms with van der Waals surface area (Å²) in [5, 5.41) is 2.96. The van der Waals surface area contributed by atoms with E-state index >= 15 is 0 Å². The molecule has 1 aliphatic rings. The van der Waals surface area contributed by atoms with Gasteiger partial charge in [-0.1, -0.05) is 25.0 Å². The second-order valence-electron chi connectivity index (χ2n) is 8.45. The van der Waals surface area contributed by atoms with Gasteiger partial charge in [0.15, 0.2) is 6.61 Å². The van der Waals surface area contributed by atoms with Crippen LogP contribution in [0.2, 0.25) is 0 Å². The van der Waals surface area contributed by atoms with Gasteiger partial charge in [-0.25, -0.2) is 13.1 Å². The van der Waals surface area contributed by atoms with E-state index < -0.39 is 10.0 Å². The number of rotatable bonds is 8. The van der Waals surface area contributed by atoms with Crippen molar-refractivity contribution in [3.63, 3.8) is 0 Å². The monoisotopic (exact) mass is 444 g/mol. The van der Waals surface area contributed by atoms with E-state index in [0.29, 0.717) is 5.75 Å². The average molecular weight is 445 g/mol. The number of sulfonamides is 1. The molecule has 2 aromatic carbocycles. The van der Waals surface area contributed by atoms with Crippen molar-refractivity contribution in [2.24, 2.45) is 0 Å². The first kappa shape index (κ1) is 23.3. The lowest BCUT2D eigenvalue weighted by Gasteiger charge is -2.18. The molecule has 1 atom stereocenters. The SMILES string of the molecule is Cc1cc(C)c([C@H](C)NC(=O)COc2ccc(S(=O)(=O)NC3CCCC3)cc2)cc1C. The Balaban J connectivity index is 1.54. The Kier molecular flexibility index (Phi) is 7.38. The number of hydrogen-bond donors (Lipinski definition) is 2. The van der Waals surface area contributed by atoms with Crippen LogP contribution in [0.3, 0.4) is 0 Å². The second kappa shape index (κ2) is 9.83. The van der Waals surface area contributed by atoms with Gasteiger partial charge in [0.2, 0.25) is 10.0 Å². The highest BCUT2D eigenvalue weighted by atomic mass is 32.2. The summed E-state index contributed by atoms with van der Waals surface area (Å²) in [6, 6.07) is 10.3. The number of carbonyl (C=O) groups excluding carboxylic acids is 1. The molecule has 1 amide bonds. The Morgan fingerprint density at radius 3 is 2.29 bits per heavy atom. The maximum Gasteiger partial charge on any atom is 0.258 e. The Bertz CT molecular complexity index is 1030. The molecule has 1 fully saturated rings. The molecule has 0 saturated heterocycles. The molecular formula is C24H32N2O4S. The molecule has 0 unspecified atom stereocenters. The molecule has 1 aliphatic carbocycles. The topological polar surface area (TPSA) is 84.5 Å². The minimum Gasteiger partial charge on any atom is -0.484 e. The van der Waals surface area contributed by atoms with Crippen molar-refractivity contribution in [1.29, 1.82) is 0 Å². The quantitative estimate of drug-likeness (QED) is 0.642. The number of amides is 1. The van der Waals surface area contributed by atoms with Gasteiger partial charge in [0.25, 0.3) is 5.91 Å². The first-order valence-corrected chi connectivity index (χ1v) is 12.3. The van der Waals surface area contributed by atoms with Crippen LogP contribution in [-0.4, -0.2) is 27.0 Å². The van der Waals surface area contributed by atoms with E-state index in [1.807, 2.05) is 13.8 Å². The normalized spacial score (nSPS) is 15.6. The second-order valence-corrected chi connectivity index (χ2v) is 10.2. The van der Waals surface area contributed by atoms with Gasteiger partial charge in [0, 0.05) is 6.04 Å². The molecule has 7 heteroatoms. The van der Waals surface area contributed by atoms with Gasteiger partial charge in [-0.05, 0) is 87.1 Å². The van der Waals surface area contributed by atoms with Crippen LogP contribution in [0.4, 0.5) is 0 Å². The third-order valence-corrected chi connectivity index (χ3v) is 7.44. The van der Waals surface area contributed by atoms with E-state index in [2.05, 4.69) is 36.0 Å². The number of benzene rings is 2. The van der Waals surface area contributed by atoms with Gasteiger partial charge < -0.3 is 10.1 Å². The summed E-state index contributed by atoms with van der Waals surface area (Å²) in [5.74, 6) is 0.217. The fraction of sp³-hybridized carbons (Fsp3) is 0.458. The molecule has 0 aromatic heterocycles. The summed E-state index contributed by atoms with van der Waals surface area (Å²) in [7, 11) is -3.53. The zero-order valence-electron chi connectivity index (χ0n) is 18.7. The van der Waals surface area contributed by atoms with Crippen LogP contribution in [0.25, 0.3) is 0 Å². The molecule has 1 saturated carbocycles. The Morgan fingerprint density at radius 2 is 1.65 bits per heavy atom. The molecule has 0 heterocycles. The van der Waals surface area contributed by atoms with Crippen molar-refractivity contribution >= 4 is 15.9 Å². The first-order valence-electron chi connectivity index (χ1n) is 10.8. The van der Waals surface area contributed by atoms with E-state index in [1.165, 1.54) is 23.3 Å². The molecule has 31 heavy (non-hydrogen) atoms. The summed E-state index contributed by atoms with van der Waals surface area (Å²) < 4.78 is 33.3. The third kappa shape index (κ3) is 6.08. The lowest BCUT2D eigenvalue weighted by molar-refractivity contribution is -0.123. The largest absolute Gasteiger partial charge is 0.484 e. The van der Waals surface area contributed by atoms with Gasteiger partial charge in [0.05, 0.1) is 10.9 Å². The molecule has 0 bridgehead atoms. The van der Waals surface area contributed by atoms with Crippen molar-refractivity contribution in [2.45, 2.75) is 70.4 Å². The standard InChI is InChI=1S/C24H32N2O4S/c1-16-13-18(3)23(14-17(16)2)19(4)25-24(27)15-30-21-9-11-22(12-10-21)31(28,29)26-20-7-5-6-8-20/h9-14,19-20,26H,5-8,15H2,1-4H3,(H,25,27)/t19-/m0/s1. The van der Waals surface area contributed by atoms with Crippen molar-refractivity contribution in [1.82, 2.24) is 10.0 Å². The Morgan fingerprint density at radius 1 is 1.03 bits per heavy atom. The molecule has 168 valence electrons. The molecular weight excluding hydrogens is 412 g/mol. The van der Waals surface area contributed by atoms with Crippen molar-refractivity contribution < 1.29 is 17.9 Å². The van der Waals surface area contributed by atoms with Crippen LogP contribution < -0.4 is 14.8 Å². The van der Waals surface area contributed by atoms with Gasteiger partial charge >= 0.3 is 0 Å². The number of aryl methyl sites for hydroxylation is 3. The minimum absolute atomic E-state index is 0.0209. The Labute approximate surface area is 185 Å². The van der Waals surface area contributed by atoms with Gasteiger partial charge in [-0.15, -0.1) is 0 Å². The maximum atomic E-state index is 12.5. The van der Waals surface area contributed by atoms with Crippen LogP contribution >= 0.6 is 0 Å². The molecule has 0 aliphatic heterocycles. The average Bonchev–Trinajstić information content (AvgIpc) is 3.21. The number of carbonyl (C=O) groups is 1. The lowest BCUT2D eigenvalue weighted by Crippen LogP contribution is -2.32. The first-order chi connectivity index (χ1) is 14.7. The summed E-state index contributed by atoms with van der Waals surface area (Å²) >= 11 is 0. The van der Waals surface area contributed by atoms with E-state index in [-0.39, 0.29) is 29.5 Å². The zero-order valence-corrected chi connectivity index (χ0v) is 19.5. The minimum atomic E-state index is -3.53. The van der Waals surface area contributed by atoms with Crippen LogP contribution in [0, 0.1) is 20.8 Å². The van der Waals surface area contributed by atoms with Crippen LogP contribution in [-0.2, 0) is 14.8 Å². The number of nitrogens with one attached hydrogen (secondary N) is 2. The van der Waals surface area contributed by atoms with Gasteiger partial charge in [-0.2, -0.15) is 0 Å². The highest BCUT2D eigenvalue weighted by molar-refractivity contribution is 7.89. The molecule has 0 radical (unpaired) electrons. The highest BCUT2D eigenvalue weighted by Gasteiger charge is 2.23. The van der Waals surface area contributed by atoms with Crippen molar-refractivity contribution in [2.75, 3.05) is 6.61 Å². The van der Waals surface area contributed by atoms with Crippen molar-refractivity contribution in [3.05, 3.63) is 58.7 Å². The molecule has 2 aromatic rings. The van der Waals surface area contributed by atoms with E-state index in [4.69, 9.17) is 4.74 Å². The van der Waals surface area contributed by atoms with Gasteiger partial charge in [0.1, 0.15) is 5.75 Å². The summed E-state index contributed by atoms with van der Waals surface area (Å²) in [6.07, 6.45) is 3.89.